The zero-order valence-corrected chi connectivity index (χ0v) is 13.5. The number of hydrogen-bond acceptors (Lipinski definition) is 5. The van der Waals surface area contributed by atoms with Gasteiger partial charge in [-0.05, 0) is 12.8 Å². The maximum atomic E-state index is 12.7. The molecule has 6 heteroatoms. The molecular weight excluding hydrogens is 310 g/mol. The summed E-state index contributed by atoms with van der Waals surface area (Å²) in [5.74, 6) is -3.22. The molecule has 1 aliphatic carbocycles. The number of piperidine rings is 1. The van der Waals surface area contributed by atoms with Gasteiger partial charge in [0.05, 0.1) is 19.1 Å². The highest BCUT2D eigenvalue weighted by Crippen LogP contribution is 2.38. The zero-order chi connectivity index (χ0) is 17.3. The van der Waals surface area contributed by atoms with Gasteiger partial charge in [0.2, 0.25) is 5.91 Å². The average molecular weight is 331 g/mol. The van der Waals surface area contributed by atoms with E-state index in [1.807, 2.05) is 0 Å². The molecule has 0 aromatic heterocycles. The van der Waals surface area contributed by atoms with Crippen molar-refractivity contribution < 1.29 is 24.2 Å². The number of carbonyl (C=O) groups is 3. The molecular formula is C18H21NO5. The molecule has 0 bridgehead atoms. The summed E-state index contributed by atoms with van der Waals surface area (Å²) in [6, 6.07) is 8.01. The fraction of sp³-hybridized carbons (Fsp3) is 0.500. The highest BCUT2D eigenvalue weighted by Gasteiger charge is 2.51. The van der Waals surface area contributed by atoms with E-state index in [1.165, 1.54) is 7.11 Å². The normalized spacial score (nSPS) is 32.4. The Balaban J connectivity index is 1.85. The van der Waals surface area contributed by atoms with Crippen molar-refractivity contribution in [3.05, 3.63) is 35.9 Å². The molecule has 5 unspecified atom stereocenters. The number of hydrogen-bond donors (Lipinski definition) is 2. The lowest BCUT2D eigenvalue weighted by Crippen LogP contribution is -2.63. The van der Waals surface area contributed by atoms with Crippen molar-refractivity contribution in [2.24, 2.45) is 17.8 Å². The average Bonchev–Trinajstić information content (AvgIpc) is 2.61. The Bertz CT molecular complexity index is 644. The fourth-order valence-corrected chi connectivity index (χ4v) is 3.95. The first kappa shape index (κ1) is 16.6. The second-order valence-corrected chi connectivity index (χ2v) is 6.46. The van der Waals surface area contributed by atoms with Gasteiger partial charge in [0, 0.05) is 17.5 Å². The summed E-state index contributed by atoms with van der Waals surface area (Å²) in [5.41, 5.74) is 0.399. The molecule has 1 aromatic carbocycles. The molecule has 128 valence electrons. The third-order valence-corrected chi connectivity index (χ3v) is 5.16. The number of aliphatic hydroxyl groups excluding tert-OH is 1. The molecule has 1 aliphatic heterocycles. The summed E-state index contributed by atoms with van der Waals surface area (Å²) in [7, 11) is 1.31. The van der Waals surface area contributed by atoms with Crippen LogP contribution < -0.4 is 5.32 Å². The van der Waals surface area contributed by atoms with Gasteiger partial charge in [0.25, 0.3) is 0 Å². The number of carbonyl (C=O) groups excluding carboxylic acids is 3. The Hall–Kier alpha value is -2.21. The molecule has 3 rings (SSSR count). The van der Waals surface area contributed by atoms with Crippen LogP contribution in [0.5, 0.6) is 0 Å². The van der Waals surface area contributed by atoms with E-state index in [4.69, 9.17) is 4.74 Å². The molecule has 2 N–H and O–H groups in total. The zero-order valence-electron chi connectivity index (χ0n) is 13.5. The van der Waals surface area contributed by atoms with Crippen LogP contribution in [-0.4, -0.2) is 42.0 Å². The van der Waals surface area contributed by atoms with Gasteiger partial charge in [-0.25, -0.2) is 0 Å². The van der Waals surface area contributed by atoms with Crippen LogP contribution in [0.1, 0.15) is 29.6 Å². The van der Waals surface area contributed by atoms with Crippen LogP contribution >= 0.6 is 0 Å². The van der Waals surface area contributed by atoms with Crippen molar-refractivity contribution in [2.75, 3.05) is 7.11 Å². The van der Waals surface area contributed by atoms with Crippen LogP contribution in [0.3, 0.4) is 0 Å². The second-order valence-electron chi connectivity index (χ2n) is 6.46. The number of ether oxygens (including phenoxy) is 1. The van der Waals surface area contributed by atoms with E-state index in [0.717, 1.165) is 6.42 Å². The molecule has 1 saturated carbocycles. The van der Waals surface area contributed by atoms with Gasteiger partial charge in [-0.1, -0.05) is 36.8 Å². The molecule has 2 aliphatic rings. The van der Waals surface area contributed by atoms with Gasteiger partial charge in [0.15, 0.2) is 5.78 Å². The topological polar surface area (TPSA) is 92.7 Å². The van der Waals surface area contributed by atoms with Crippen molar-refractivity contribution in [2.45, 2.75) is 31.4 Å². The number of aliphatic hydroxyl groups is 1. The van der Waals surface area contributed by atoms with Gasteiger partial charge in [-0.3, -0.25) is 14.4 Å². The lowest BCUT2D eigenvalue weighted by atomic mass is 9.68. The minimum Gasteiger partial charge on any atom is -0.469 e. The molecule has 2 fully saturated rings. The Kier molecular flexibility index (Phi) is 4.66. The van der Waals surface area contributed by atoms with Crippen LogP contribution in [0.2, 0.25) is 0 Å². The number of nitrogens with one attached hydrogen (secondary N) is 1. The van der Waals surface area contributed by atoms with Crippen molar-refractivity contribution in [1.82, 2.24) is 5.32 Å². The van der Waals surface area contributed by atoms with E-state index in [1.54, 1.807) is 30.3 Å². The molecule has 0 radical (unpaired) electrons. The van der Waals surface area contributed by atoms with Crippen molar-refractivity contribution in [3.8, 4) is 0 Å². The third kappa shape index (κ3) is 2.82. The molecule has 24 heavy (non-hydrogen) atoms. The van der Waals surface area contributed by atoms with Gasteiger partial charge >= 0.3 is 5.97 Å². The van der Waals surface area contributed by atoms with E-state index in [2.05, 4.69) is 5.32 Å². The van der Waals surface area contributed by atoms with Gasteiger partial charge < -0.3 is 15.2 Å². The number of ketones is 1. The number of amides is 1. The highest BCUT2D eigenvalue weighted by molar-refractivity contribution is 6.11. The van der Waals surface area contributed by atoms with Crippen molar-refractivity contribution >= 4 is 17.7 Å². The van der Waals surface area contributed by atoms with Crippen LogP contribution in [0.15, 0.2) is 30.3 Å². The minimum absolute atomic E-state index is 0.321. The predicted molar refractivity (Wildman–Crippen MR) is 85.0 cm³/mol. The SMILES string of the molecule is COC(=O)C1CCCC2C(O)C(C(=O)c3ccccc3)C(=O)NC12. The fourth-order valence-electron chi connectivity index (χ4n) is 3.95. The third-order valence-electron chi connectivity index (χ3n) is 5.16. The Morgan fingerprint density at radius 2 is 1.92 bits per heavy atom. The first-order valence-corrected chi connectivity index (χ1v) is 8.20. The number of esters is 1. The van der Waals surface area contributed by atoms with Gasteiger partial charge in [-0.2, -0.15) is 0 Å². The summed E-state index contributed by atoms with van der Waals surface area (Å²) < 4.78 is 4.81. The predicted octanol–water partition coefficient (Wildman–Crippen LogP) is 0.934. The first-order valence-electron chi connectivity index (χ1n) is 8.20. The van der Waals surface area contributed by atoms with Crippen LogP contribution in [-0.2, 0) is 14.3 Å². The van der Waals surface area contributed by atoms with Gasteiger partial charge in [0.1, 0.15) is 5.92 Å². The lowest BCUT2D eigenvalue weighted by Gasteiger charge is -2.45. The summed E-state index contributed by atoms with van der Waals surface area (Å²) in [6.45, 7) is 0. The molecule has 1 heterocycles. The van der Waals surface area contributed by atoms with E-state index in [0.29, 0.717) is 18.4 Å². The second kappa shape index (κ2) is 6.73. The quantitative estimate of drug-likeness (QED) is 0.488. The summed E-state index contributed by atoms with van der Waals surface area (Å²) >= 11 is 0. The number of fused-ring (bicyclic) bond motifs is 1. The highest BCUT2D eigenvalue weighted by atomic mass is 16.5. The lowest BCUT2D eigenvalue weighted by molar-refractivity contribution is -0.153. The van der Waals surface area contributed by atoms with Gasteiger partial charge in [-0.15, -0.1) is 0 Å². The van der Waals surface area contributed by atoms with Crippen LogP contribution in [0.25, 0.3) is 0 Å². The first-order chi connectivity index (χ1) is 11.5. The van der Waals surface area contributed by atoms with E-state index in [-0.39, 0.29) is 17.7 Å². The summed E-state index contributed by atoms with van der Waals surface area (Å²) in [6.07, 6.45) is 0.931. The maximum absolute atomic E-state index is 12.7. The standard InChI is InChI=1S/C18H21NO5/c1-24-18(23)12-9-5-8-11-14(12)19-17(22)13(16(11)21)15(20)10-6-3-2-4-7-10/h2-4,6-7,11-14,16,21H,5,8-9H2,1H3,(H,19,22). The number of methoxy groups -OCH3 is 1. The molecule has 0 spiro atoms. The van der Waals surface area contributed by atoms with Crippen LogP contribution in [0, 0.1) is 17.8 Å². The van der Waals surface area contributed by atoms with E-state index >= 15 is 0 Å². The van der Waals surface area contributed by atoms with E-state index < -0.39 is 29.9 Å². The van der Waals surface area contributed by atoms with Crippen LogP contribution in [0.4, 0.5) is 0 Å². The van der Waals surface area contributed by atoms with E-state index in [9.17, 15) is 19.5 Å². The molecule has 1 saturated heterocycles. The Morgan fingerprint density at radius 3 is 2.58 bits per heavy atom. The monoisotopic (exact) mass is 331 g/mol. The maximum Gasteiger partial charge on any atom is 0.310 e. The molecule has 5 atom stereocenters. The number of rotatable bonds is 3. The smallest absolute Gasteiger partial charge is 0.310 e. The minimum atomic E-state index is -1.13. The summed E-state index contributed by atoms with van der Waals surface area (Å²) in [4.78, 5) is 37.1. The molecule has 6 nitrogen and oxygen atoms in total. The Labute approximate surface area is 140 Å². The molecule has 1 amide bonds. The molecule has 1 aromatic rings. The summed E-state index contributed by atoms with van der Waals surface area (Å²) in [5, 5.41) is 13.5. The Morgan fingerprint density at radius 1 is 1.21 bits per heavy atom. The number of benzene rings is 1. The van der Waals surface area contributed by atoms with Crippen molar-refractivity contribution in [1.29, 1.82) is 0 Å². The largest absolute Gasteiger partial charge is 0.469 e. The number of Topliss-reactive ketones (excluding diaryl/α,β-unsaturated/α-hetero) is 1. The van der Waals surface area contributed by atoms with Crippen molar-refractivity contribution in [3.63, 3.8) is 0 Å².